The van der Waals surface area contributed by atoms with Crippen LogP contribution in [-0.4, -0.2) is 31.1 Å². The summed E-state index contributed by atoms with van der Waals surface area (Å²) in [6.45, 7) is 6.68. The Morgan fingerprint density at radius 3 is 2.59 bits per heavy atom. The van der Waals surface area contributed by atoms with Gasteiger partial charge in [-0.15, -0.1) is 0 Å². The molecule has 2 heterocycles. The van der Waals surface area contributed by atoms with Crippen LogP contribution in [0.1, 0.15) is 18.1 Å². The number of hydrogen-bond donors (Lipinski definition) is 0. The lowest BCUT2D eigenvalue weighted by atomic mass is 10.0. The summed E-state index contributed by atoms with van der Waals surface area (Å²) in [5.41, 5.74) is 3.86. The maximum absolute atomic E-state index is 12.0. The van der Waals surface area contributed by atoms with E-state index in [1.54, 1.807) is 6.07 Å². The number of rotatable bonds is 4. The lowest BCUT2D eigenvalue weighted by Gasteiger charge is -2.36. The second kappa shape index (κ2) is 7.75. The van der Waals surface area contributed by atoms with Gasteiger partial charge in [0, 0.05) is 54.9 Å². The molecule has 0 saturated carbocycles. The van der Waals surface area contributed by atoms with Gasteiger partial charge >= 0.3 is 5.63 Å². The standard InChI is InChI=1S/C22H23ClN2O2/c1-2-16-6-7-21-20(12-16)17(13-22(26)27-21)15-24-8-10-25(11-9-24)19-5-3-4-18(23)14-19/h3-7,12-14H,2,8-11,15H2,1H3. The molecule has 0 atom stereocenters. The van der Waals surface area contributed by atoms with E-state index in [1.165, 1.54) is 11.3 Å². The van der Waals surface area contributed by atoms with Gasteiger partial charge in [0.25, 0.3) is 0 Å². The lowest BCUT2D eigenvalue weighted by molar-refractivity contribution is 0.250. The van der Waals surface area contributed by atoms with Gasteiger partial charge in [0.2, 0.25) is 0 Å². The van der Waals surface area contributed by atoms with E-state index < -0.39 is 0 Å². The van der Waals surface area contributed by atoms with Crippen LogP contribution in [0.5, 0.6) is 0 Å². The summed E-state index contributed by atoms with van der Waals surface area (Å²) in [4.78, 5) is 16.7. The smallest absolute Gasteiger partial charge is 0.336 e. The molecule has 4 nitrogen and oxygen atoms in total. The van der Waals surface area contributed by atoms with Gasteiger partial charge < -0.3 is 9.32 Å². The lowest BCUT2D eigenvalue weighted by Crippen LogP contribution is -2.46. The molecule has 0 amide bonds. The summed E-state index contributed by atoms with van der Waals surface area (Å²) < 4.78 is 5.38. The van der Waals surface area contributed by atoms with Crippen molar-refractivity contribution < 1.29 is 4.42 Å². The molecule has 1 saturated heterocycles. The Morgan fingerprint density at radius 2 is 1.85 bits per heavy atom. The third-order valence-corrected chi connectivity index (χ3v) is 5.48. The second-order valence-electron chi connectivity index (χ2n) is 7.02. The molecule has 4 rings (SSSR count). The summed E-state index contributed by atoms with van der Waals surface area (Å²) >= 11 is 6.12. The van der Waals surface area contributed by atoms with E-state index in [1.807, 2.05) is 30.3 Å². The molecule has 0 aliphatic carbocycles. The quantitative estimate of drug-likeness (QED) is 0.629. The SMILES string of the molecule is CCc1ccc2oc(=O)cc(CN3CCN(c4cccc(Cl)c4)CC3)c2c1. The van der Waals surface area contributed by atoms with Gasteiger partial charge in [0.15, 0.2) is 0 Å². The van der Waals surface area contributed by atoms with E-state index in [4.69, 9.17) is 16.0 Å². The summed E-state index contributed by atoms with van der Waals surface area (Å²) in [6, 6.07) is 15.7. The van der Waals surface area contributed by atoms with E-state index >= 15 is 0 Å². The maximum Gasteiger partial charge on any atom is 0.336 e. The average Bonchev–Trinajstić information content (AvgIpc) is 2.68. The van der Waals surface area contributed by atoms with Gasteiger partial charge in [-0.05, 0) is 47.9 Å². The first-order chi connectivity index (χ1) is 13.1. The molecule has 1 fully saturated rings. The molecule has 0 spiro atoms. The van der Waals surface area contributed by atoms with E-state index in [-0.39, 0.29) is 5.63 Å². The predicted molar refractivity (Wildman–Crippen MR) is 111 cm³/mol. The third kappa shape index (κ3) is 4.02. The summed E-state index contributed by atoms with van der Waals surface area (Å²) in [5, 5.41) is 1.82. The van der Waals surface area contributed by atoms with Crippen LogP contribution < -0.4 is 10.5 Å². The Morgan fingerprint density at radius 1 is 1.04 bits per heavy atom. The minimum Gasteiger partial charge on any atom is -0.423 e. The first-order valence-corrected chi connectivity index (χ1v) is 9.79. The fourth-order valence-electron chi connectivity index (χ4n) is 3.70. The van der Waals surface area contributed by atoms with Crippen molar-refractivity contribution in [1.29, 1.82) is 0 Å². The van der Waals surface area contributed by atoms with Crippen molar-refractivity contribution in [3.8, 4) is 0 Å². The highest BCUT2D eigenvalue weighted by Crippen LogP contribution is 2.23. The van der Waals surface area contributed by atoms with Crippen molar-refractivity contribution in [2.75, 3.05) is 31.1 Å². The number of anilines is 1. The normalized spacial score (nSPS) is 15.4. The molecule has 0 N–H and O–H groups in total. The summed E-state index contributed by atoms with van der Waals surface area (Å²) in [7, 11) is 0. The van der Waals surface area contributed by atoms with E-state index in [0.717, 1.165) is 55.1 Å². The molecular weight excluding hydrogens is 360 g/mol. The number of piperazine rings is 1. The van der Waals surface area contributed by atoms with Crippen LogP contribution in [0.4, 0.5) is 5.69 Å². The number of hydrogen-bond acceptors (Lipinski definition) is 4. The topological polar surface area (TPSA) is 36.7 Å². The van der Waals surface area contributed by atoms with Crippen LogP contribution >= 0.6 is 11.6 Å². The average molecular weight is 383 g/mol. The second-order valence-corrected chi connectivity index (χ2v) is 7.45. The van der Waals surface area contributed by atoms with E-state index in [0.29, 0.717) is 5.58 Å². The maximum atomic E-state index is 12.0. The minimum absolute atomic E-state index is 0.278. The number of benzene rings is 2. The van der Waals surface area contributed by atoms with Crippen molar-refractivity contribution in [2.45, 2.75) is 19.9 Å². The molecule has 2 aromatic carbocycles. The number of nitrogens with zero attached hydrogens (tertiary/aromatic N) is 2. The molecule has 5 heteroatoms. The molecule has 1 aliphatic heterocycles. The Bertz CT molecular complexity index is 1010. The largest absolute Gasteiger partial charge is 0.423 e. The first kappa shape index (κ1) is 18.1. The third-order valence-electron chi connectivity index (χ3n) is 5.24. The zero-order chi connectivity index (χ0) is 18.8. The first-order valence-electron chi connectivity index (χ1n) is 9.41. The molecular formula is C22H23ClN2O2. The van der Waals surface area contributed by atoms with Crippen LogP contribution in [0.2, 0.25) is 5.02 Å². The monoisotopic (exact) mass is 382 g/mol. The predicted octanol–water partition coefficient (Wildman–Crippen LogP) is 4.33. The highest BCUT2D eigenvalue weighted by Gasteiger charge is 2.19. The van der Waals surface area contributed by atoms with Gasteiger partial charge in [-0.3, -0.25) is 4.90 Å². The van der Waals surface area contributed by atoms with Crippen molar-refractivity contribution in [1.82, 2.24) is 4.90 Å². The fourth-order valence-corrected chi connectivity index (χ4v) is 3.89. The van der Waals surface area contributed by atoms with Crippen LogP contribution in [0, 0.1) is 0 Å². The molecule has 3 aromatic rings. The molecule has 0 unspecified atom stereocenters. The Labute approximate surface area is 164 Å². The summed E-state index contributed by atoms with van der Waals surface area (Å²) in [5.74, 6) is 0. The minimum atomic E-state index is -0.278. The van der Waals surface area contributed by atoms with Crippen molar-refractivity contribution in [3.05, 3.63) is 75.1 Å². The molecule has 1 aromatic heterocycles. The highest BCUT2D eigenvalue weighted by atomic mass is 35.5. The molecule has 27 heavy (non-hydrogen) atoms. The summed E-state index contributed by atoms with van der Waals surface area (Å²) in [6.07, 6.45) is 0.965. The molecule has 1 aliphatic rings. The molecule has 140 valence electrons. The number of fused-ring (bicyclic) bond motifs is 1. The molecule has 0 bridgehead atoms. The van der Waals surface area contributed by atoms with Crippen LogP contribution in [0.3, 0.4) is 0 Å². The highest BCUT2D eigenvalue weighted by molar-refractivity contribution is 6.30. The zero-order valence-corrected chi connectivity index (χ0v) is 16.2. The van der Waals surface area contributed by atoms with E-state index in [9.17, 15) is 4.79 Å². The fraction of sp³-hybridized carbons (Fsp3) is 0.318. The van der Waals surface area contributed by atoms with E-state index in [2.05, 4.69) is 28.9 Å². The van der Waals surface area contributed by atoms with Gasteiger partial charge in [-0.25, -0.2) is 4.79 Å². The van der Waals surface area contributed by atoms with Gasteiger partial charge in [-0.2, -0.15) is 0 Å². The number of aryl methyl sites for hydroxylation is 1. The molecule has 0 radical (unpaired) electrons. The van der Waals surface area contributed by atoms with Gasteiger partial charge in [0.05, 0.1) is 0 Å². The zero-order valence-electron chi connectivity index (χ0n) is 15.5. The van der Waals surface area contributed by atoms with Crippen LogP contribution in [0.15, 0.2) is 57.7 Å². The Balaban J connectivity index is 1.51. The van der Waals surface area contributed by atoms with Crippen LogP contribution in [-0.2, 0) is 13.0 Å². The van der Waals surface area contributed by atoms with Gasteiger partial charge in [0.1, 0.15) is 5.58 Å². The van der Waals surface area contributed by atoms with Crippen molar-refractivity contribution >= 4 is 28.3 Å². The Kier molecular flexibility index (Phi) is 5.19. The van der Waals surface area contributed by atoms with Crippen molar-refractivity contribution in [3.63, 3.8) is 0 Å². The van der Waals surface area contributed by atoms with Crippen molar-refractivity contribution in [2.24, 2.45) is 0 Å². The van der Waals surface area contributed by atoms with Gasteiger partial charge in [-0.1, -0.05) is 30.7 Å². The number of halogens is 1. The Hall–Kier alpha value is -2.30. The van der Waals surface area contributed by atoms with Crippen LogP contribution in [0.25, 0.3) is 11.0 Å².